The van der Waals surface area contributed by atoms with Crippen LogP contribution in [0.5, 0.6) is 11.5 Å². The van der Waals surface area contributed by atoms with Crippen LogP contribution in [0.4, 0.5) is 0 Å². The number of amides is 2. The number of nitrogens with zero attached hydrogens (tertiary/aromatic N) is 2. The number of carbonyl (C=O) groups is 3. The Morgan fingerprint density at radius 1 is 1.34 bits per heavy atom. The van der Waals surface area contributed by atoms with Crippen molar-refractivity contribution in [3.8, 4) is 11.5 Å². The molecule has 2 aromatic rings. The van der Waals surface area contributed by atoms with Crippen molar-refractivity contribution in [2.24, 2.45) is 0 Å². The molecule has 1 aliphatic heterocycles. The molecule has 2 amide bonds. The first kappa shape index (κ1) is 23.2. The summed E-state index contributed by atoms with van der Waals surface area (Å²) in [6, 6.07) is 8.04. The summed E-state index contributed by atoms with van der Waals surface area (Å²) in [5.74, 6) is -1.48. The molecule has 0 bridgehead atoms. The molecular formula is C21H19N3O6S2. The number of benzene rings is 1. The van der Waals surface area contributed by atoms with Gasteiger partial charge in [-0.3, -0.25) is 20.0 Å². The Morgan fingerprint density at radius 3 is 2.78 bits per heavy atom. The number of thiocarbonyl (C=S) groups is 1. The summed E-state index contributed by atoms with van der Waals surface area (Å²) in [6.07, 6.45) is 3.46. The Bertz CT molecular complexity index is 1090. The van der Waals surface area contributed by atoms with Crippen molar-refractivity contribution in [1.82, 2.24) is 15.4 Å². The van der Waals surface area contributed by atoms with Crippen LogP contribution in [-0.4, -0.2) is 49.9 Å². The van der Waals surface area contributed by atoms with Gasteiger partial charge < -0.3 is 14.6 Å². The normalized spacial score (nSPS) is 15.6. The number of carboxylic acids is 1. The minimum atomic E-state index is -1.10. The second-order valence-electron chi connectivity index (χ2n) is 6.44. The van der Waals surface area contributed by atoms with Gasteiger partial charge in [0.2, 0.25) is 0 Å². The number of hydrogen-bond acceptors (Lipinski definition) is 8. The standard InChI is InChI=1S/C21H19N3O6S2/c1-3-29-16-9-13(6-7-15(16)30-12(2)20(27)28)10-17-19(26)24(21(31)32-17)23-18(25)14-5-4-8-22-11-14/h4-12H,3H2,1-2H3,(H,23,25)(H,27,28)/b17-10+. The lowest BCUT2D eigenvalue weighted by atomic mass is 10.2. The van der Waals surface area contributed by atoms with Crippen LogP contribution in [0.1, 0.15) is 29.8 Å². The third kappa shape index (κ3) is 5.42. The van der Waals surface area contributed by atoms with E-state index in [2.05, 4.69) is 10.4 Å². The van der Waals surface area contributed by atoms with Crippen LogP contribution in [-0.2, 0) is 9.59 Å². The number of hydrazine groups is 1. The third-order valence-electron chi connectivity index (χ3n) is 4.15. The number of thioether (sulfide) groups is 1. The first-order chi connectivity index (χ1) is 15.3. The zero-order chi connectivity index (χ0) is 23.3. The number of aliphatic carboxylic acids is 1. The molecule has 1 atom stereocenters. The summed E-state index contributed by atoms with van der Waals surface area (Å²) in [4.78, 5) is 40.4. The number of nitrogens with one attached hydrogen (secondary N) is 1. The number of rotatable bonds is 8. The molecule has 1 unspecified atom stereocenters. The van der Waals surface area contributed by atoms with E-state index in [9.17, 15) is 14.4 Å². The SMILES string of the molecule is CCOc1cc(/C=C2/SC(=S)N(NC(=O)c3cccnc3)C2=O)ccc1OC(C)C(=O)O. The third-order valence-corrected chi connectivity index (χ3v) is 5.45. The first-order valence-corrected chi connectivity index (χ1v) is 10.7. The summed E-state index contributed by atoms with van der Waals surface area (Å²) in [5, 5.41) is 10.1. The lowest BCUT2D eigenvalue weighted by Crippen LogP contribution is -2.44. The van der Waals surface area contributed by atoms with Gasteiger partial charge in [0.15, 0.2) is 21.9 Å². The van der Waals surface area contributed by atoms with Crippen molar-refractivity contribution in [3.05, 3.63) is 58.8 Å². The van der Waals surface area contributed by atoms with Crippen LogP contribution >= 0.6 is 24.0 Å². The summed E-state index contributed by atoms with van der Waals surface area (Å²) >= 11 is 6.28. The number of ether oxygens (including phenoxy) is 2. The molecule has 0 saturated carbocycles. The smallest absolute Gasteiger partial charge is 0.344 e. The zero-order valence-electron chi connectivity index (χ0n) is 17.1. The molecule has 2 N–H and O–H groups in total. The molecule has 1 aliphatic rings. The van der Waals surface area contributed by atoms with E-state index in [1.165, 1.54) is 19.3 Å². The maximum absolute atomic E-state index is 12.8. The Labute approximate surface area is 193 Å². The van der Waals surface area contributed by atoms with E-state index in [0.717, 1.165) is 16.8 Å². The van der Waals surface area contributed by atoms with E-state index in [4.69, 9.17) is 26.8 Å². The number of carboxylic acid groups (broad SMARTS) is 1. The molecule has 2 heterocycles. The van der Waals surface area contributed by atoms with Crippen LogP contribution < -0.4 is 14.9 Å². The highest BCUT2D eigenvalue weighted by Gasteiger charge is 2.34. The van der Waals surface area contributed by atoms with Crippen LogP contribution in [0.2, 0.25) is 0 Å². The molecular weight excluding hydrogens is 454 g/mol. The predicted octanol–water partition coefficient (Wildman–Crippen LogP) is 2.88. The maximum Gasteiger partial charge on any atom is 0.344 e. The average Bonchev–Trinajstić information content (AvgIpc) is 3.03. The Hall–Kier alpha value is -3.44. The van der Waals surface area contributed by atoms with Gasteiger partial charge in [-0.05, 0) is 62.0 Å². The fourth-order valence-electron chi connectivity index (χ4n) is 2.60. The minimum Gasteiger partial charge on any atom is -0.490 e. The average molecular weight is 474 g/mol. The molecule has 166 valence electrons. The van der Waals surface area contributed by atoms with E-state index < -0.39 is 23.9 Å². The summed E-state index contributed by atoms with van der Waals surface area (Å²) in [5.41, 5.74) is 3.39. The van der Waals surface area contributed by atoms with Crippen LogP contribution in [0.15, 0.2) is 47.6 Å². The highest BCUT2D eigenvalue weighted by atomic mass is 32.2. The quantitative estimate of drug-likeness (QED) is 0.441. The van der Waals surface area contributed by atoms with Gasteiger partial charge in [-0.2, -0.15) is 5.01 Å². The van der Waals surface area contributed by atoms with Crippen molar-refractivity contribution in [3.63, 3.8) is 0 Å². The van der Waals surface area contributed by atoms with Gasteiger partial charge in [0, 0.05) is 12.4 Å². The van der Waals surface area contributed by atoms with Crippen molar-refractivity contribution in [2.75, 3.05) is 6.61 Å². The summed E-state index contributed by atoms with van der Waals surface area (Å²) < 4.78 is 11.2. The molecule has 1 saturated heterocycles. The van der Waals surface area contributed by atoms with E-state index in [1.807, 2.05) is 0 Å². The van der Waals surface area contributed by atoms with Gasteiger partial charge in [-0.1, -0.05) is 17.8 Å². The second kappa shape index (κ2) is 10.2. The topological polar surface area (TPSA) is 118 Å². The van der Waals surface area contributed by atoms with Gasteiger partial charge in [-0.25, -0.2) is 4.79 Å². The van der Waals surface area contributed by atoms with Crippen LogP contribution in [0.25, 0.3) is 6.08 Å². The van der Waals surface area contributed by atoms with Crippen molar-refractivity contribution in [2.45, 2.75) is 20.0 Å². The highest BCUT2D eigenvalue weighted by Crippen LogP contribution is 2.34. The molecule has 32 heavy (non-hydrogen) atoms. The fraction of sp³-hybridized carbons (Fsp3) is 0.190. The van der Waals surface area contributed by atoms with Gasteiger partial charge in [0.25, 0.3) is 11.8 Å². The van der Waals surface area contributed by atoms with Crippen molar-refractivity contribution < 1.29 is 29.0 Å². The fourth-order valence-corrected chi connectivity index (χ4v) is 3.78. The minimum absolute atomic E-state index is 0.179. The summed E-state index contributed by atoms with van der Waals surface area (Å²) in [7, 11) is 0. The van der Waals surface area contributed by atoms with Gasteiger partial charge in [-0.15, -0.1) is 0 Å². The van der Waals surface area contributed by atoms with E-state index in [-0.39, 0.29) is 15.6 Å². The van der Waals surface area contributed by atoms with Crippen molar-refractivity contribution in [1.29, 1.82) is 0 Å². The van der Waals surface area contributed by atoms with Gasteiger partial charge in [0.1, 0.15) is 0 Å². The molecule has 3 rings (SSSR count). The highest BCUT2D eigenvalue weighted by molar-refractivity contribution is 8.26. The molecule has 0 aliphatic carbocycles. The molecule has 9 nitrogen and oxygen atoms in total. The monoisotopic (exact) mass is 473 g/mol. The molecule has 1 aromatic carbocycles. The lowest BCUT2D eigenvalue weighted by Gasteiger charge is -2.15. The van der Waals surface area contributed by atoms with Gasteiger partial charge in [0.05, 0.1) is 17.1 Å². The maximum atomic E-state index is 12.8. The van der Waals surface area contributed by atoms with Crippen LogP contribution in [0.3, 0.4) is 0 Å². The number of hydrogen-bond donors (Lipinski definition) is 2. The Balaban J connectivity index is 1.79. The first-order valence-electron chi connectivity index (χ1n) is 9.45. The molecule has 0 radical (unpaired) electrons. The molecule has 11 heteroatoms. The predicted molar refractivity (Wildman–Crippen MR) is 122 cm³/mol. The molecule has 1 aromatic heterocycles. The van der Waals surface area contributed by atoms with Crippen LogP contribution in [0, 0.1) is 0 Å². The molecule has 0 spiro atoms. The number of aromatic nitrogens is 1. The Kier molecular flexibility index (Phi) is 7.44. The van der Waals surface area contributed by atoms with E-state index in [1.54, 1.807) is 43.3 Å². The number of pyridine rings is 1. The van der Waals surface area contributed by atoms with Crippen molar-refractivity contribution >= 4 is 52.2 Å². The number of carbonyl (C=O) groups excluding carboxylic acids is 2. The Morgan fingerprint density at radius 2 is 2.12 bits per heavy atom. The largest absolute Gasteiger partial charge is 0.490 e. The zero-order valence-corrected chi connectivity index (χ0v) is 18.7. The van der Waals surface area contributed by atoms with E-state index >= 15 is 0 Å². The van der Waals surface area contributed by atoms with Gasteiger partial charge >= 0.3 is 5.97 Å². The van der Waals surface area contributed by atoms with E-state index in [0.29, 0.717) is 22.8 Å². The second-order valence-corrected chi connectivity index (χ2v) is 8.11. The summed E-state index contributed by atoms with van der Waals surface area (Å²) in [6.45, 7) is 3.54. The molecule has 1 fully saturated rings. The lowest BCUT2D eigenvalue weighted by molar-refractivity contribution is -0.144.